The molecule has 0 aromatic heterocycles. The third kappa shape index (κ3) is 3.73. The molecule has 17 heavy (non-hydrogen) atoms. The van der Waals surface area contributed by atoms with Gasteiger partial charge in [0.15, 0.2) is 5.78 Å². The molecule has 1 amide bonds. The average Bonchev–Trinajstić information content (AvgIpc) is 2.73. The summed E-state index contributed by atoms with van der Waals surface area (Å²) in [5.41, 5.74) is 0.693. The van der Waals surface area contributed by atoms with E-state index in [0.29, 0.717) is 12.1 Å². The van der Waals surface area contributed by atoms with E-state index < -0.39 is 0 Å². The molecule has 1 heterocycles. The maximum absolute atomic E-state index is 11.7. The Hall–Kier alpha value is -1.58. The third-order valence-corrected chi connectivity index (χ3v) is 2.86. The number of ketones is 1. The molecule has 1 fully saturated rings. The molecule has 0 N–H and O–H groups in total. The third-order valence-electron chi connectivity index (χ3n) is 2.86. The van der Waals surface area contributed by atoms with Crippen LogP contribution in [-0.2, 0) is 9.53 Å². The zero-order valence-electron chi connectivity index (χ0n) is 10.4. The largest absolute Gasteiger partial charge is 0.445 e. The highest BCUT2D eigenvalue weighted by atomic mass is 16.6. The molecule has 0 spiro atoms. The molecule has 1 saturated heterocycles. The summed E-state index contributed by atoms with van der Waals surface area (Å²) in [4.78, 5) is 24.5. The zero-order chi connectivity index (χ0) is 12.8. The Labute approximate surface area is 102 Å². The first kappa shape index (κ1) is 13.5. The maximum atomic E-state index is 11.7. The van der Waals surface area contributed by atoms with Crippen LogP contribution >= 0.6 is 0 Å². The normalized spacial score (nSPS) is 20.2. The molecule has 0 bridgehead atoms. The van der Waals surface area contributed by atoms with Crippen LogP contribution in [0.4, 0.5) is 4.79 Å². The van der Waals surface area contributed by atoms with Gasteiger partial charge in [0.2, 0.25) is 0 Å². The number of nitrogens with zero attached hydrogens (tertiary/aromatic N) is 1. The van der Waals surface area contributed by atoms with Gasteiger partial charge in [0.1, 0.15) is 6.61 Å². The van der Waals surface area contributed by atoms with Gasteiger partial charge in [-0.15, -0.1) is 0 Å². The molecule has 0 saturated carbocycles. The highest BCUT2D eigenvalue weighted by Gasteiger charge is 2.28. The van der Waals surface area contributed by atoms with Gasteiger partial charge in [0.25, 0.3) is 0 Å². The molecular weight excluding hydrogens is 218 g/mol. The SMILES string of the molecule is C=CCOC(=O)N1CCC[C@H]1/C=C(\C)C(C)=O. The summed E-state index contributed by atoms with van der Waals surface area (Å²) in [7, 11) is 0. The highest BCUT2D eigenvalue weighted by Crippen LogP contribution is 2.20. The van der Waals surface area contributed by atoms with Crippen LogP contribution in [0.25, 0.3) is 0 Å². The van der Waals surface area contributed by atoms with Gasteiger partial charge in [-0.2, -0.15) is 0 Å². The van der Waals surface area contributed by atoms with E-state index in [1.165, 1.54) is 6.92 Å². The summed E-state index contributed by atoms with van der Waals surface area (Å²) >= 11 is 0. The molecular formula is C13H19NO3. The smallest absolute Gasteiger partial charge is 0.410 e. The standard InChI is InChI=1S/C13H19NO3/c1-4-8-17-13(16)14-7-5-6-12(14)9-10(2)11(3)15/h4,9,12H,1,5-8H2,2-3H3/b10-9+/t12-/m0/s1. The van der Waals surface area contributed by atoms with Gasteiger partial charge >= 0.3 is 6.09 Å². The van der Waals surface area contributed by atoms with Crippen LogP contribution in [0.2, 0.25) is 0 Å². The van der Waals surface area contributed by atoms with Crippen molar-refractivity contribution in [1.82, 2.24) is 4.90 Å². The lowest BCUT2D eigenvalue weighted by Crippen LogP contribution is -2.35. The second kappa shape index (κ2) is 6.23. The Balaban J connectivity index is 2.66. The minimum Gasteiger partial charge on any atom is -0.445 e. The van der Waals surface area contributed by atoms with Gasteiger partial charge in [0, 0.05) is 6.54 Å². The summed E-state index contributed by atoms with van der Waals surface area (Å²) in [5.74, 6) is 0.0382. The number of hydrogen-bond acceptors (Lipinski definition) is 3. The molecule has 94 valence electrons. The first-order valence-corrected chi connectivity index (χ1v) is 5.80. The highest BCUT2D eigenvalue weighted by molar-refractivity contribution is 5.92. The molecule has 0 unspecified atom stereocenters. The number of rotatable bonds is 4. The number of carbonyl (C=O) groups excluding carboxylic acids is 2. The van der Waals surface area contributed by atoms with E-state index in [4.69, 9.17) is 4.74 Å². The van der Waals surface area contributed by atoms with Gasteiger partial charge < -0.3 is 9.64 Å². The Morgan fingerprint density at radius 2 is 2.18 bits per heavy atom. The zero-order valence-corrected chi connectivity index (χ0v) is 10.4. The fraction of sp³-hybridized carbons (Fsp3) is 0.538. The lowest BCUT2D eigenvalue weighted by atomic mass is 10.1. The van der Waals surface area contributed by atoms with Crippen molar-refractivity contribution >= 4 is 11.9 Å². The van der Waals surface area contributed by atoms with Crippen molar-refractivity contribution in [1.29, 1.82) is 0 Å². The molecule has 1 aliphatic heterocycles. The van der Waals surface area contributed by atoms with Crippen molar-refractivity contribution in [2.45, 2.75) is 32.7 Å². The molecule has 4 heteroatoms. The van der Waals surface area contributed by atoms with Crippen LogP contribution in [0.15, 0.2) is 24.3 Å². The van der Waals surface area contributed by atoms with Gasteiger partial charge in [-0.1, -0.05) is 18.7 Å². The Morgan fingerprint density at radius 1 is 1.47 bits per heavy atom. The lowest BCUT2D eigenvalue weighted by molar-refractivity contribution is -0.113. The van der Waals surface area contributed by atoms with Crippen molar-refractivity contribution < 1.29 is 14.3 Å². The summed E-state index contributed by atoms with van der Waals surface area (Å²) in [5, 5.41) is 0. The number of ether oxygens (including phenoxy) is 1. The fourth-order valence-corrected chi connectivity index (χ4v) is 1.81. The minimum absolute atomic E-state index is 0.0174. The predicted molar refractivity (Wildman–Crippen MR) is 65.7 cm³/mol. The summed E-state index contributed by atoms with van der Waals surface area (Å²) in [6, 6.07) is -0.0174. The summed E-state index contributed by atoms with van der Waals surface area (Å²) < 4.78 is 5.00. The topological polar surface area (TPSA) is 46.6 Å². The second-order valence-electron chi connectivity index (χ2n) is 4.17. The molecule has 0 aliphatic carbocycles. The molecule has 1 rings (SSSR count). The van der Waals surface area contributed by atoms with Crippen LogP contribution in [0.1, 0.15) is 26.7 Å². The van der Waals surface area contributed by atoms with Crippen LogP contribution in [0.3, 0.4) is 0 Å². The van der Waals surface area contributed by atoms with E-state index in [9.17, 15) is 9.59 Å². The number of allylic oxidation sites excluding steroid dienone is 1. The average molecular weight is 237 g/mol. The number of hydrogen-bond donors (Lipinski definition) is 0. The van der Waals surface area contributed by atoms with Crippen molar-refractivity contribution in [3.8, 4) is 0 Å². The lowest BCUT2D eigenvalue weighted by Gasteiger charge is -2.21. The molecule has 0 aromatic rings. The van der Waals surface area contributed by atoms with E-state index in [1.54, 1.807) is 17.9 Å². The van der Waals surface area contributed by atoms with E-state index in [1.807, 2.05) is 6.08 Å². The maximum Gasteiger partial charge on any atom is 0.410 e. The van der Waals surface area contributed by atoms with E-state index in [0.717, 1.165) is 12.8 Å². The Morgan fingerprint density at radius 3 is 2.76 bits per heavy atom. The van der Waals surface area contributed by atoms with Gasteiger partial charge in [0.05, 0.1) is 6.04 Å². The second-order valence-corrected chi connectivity index (χ2v) is 4.17. The predicted octanol–water partition coefficient (Wildman–Crippen LogP) is 2.31. The summed E-state index contributed by atoms with van der Waals surface area (Å²) in [6.45, 7) is 7.70. The molecule has 1 atom stereocenters. The minimum atomic E-state index is -0.333. The van der Waals surface area contributed by atoms with Crippen molar-refractivity contribution in [2.24, 2.45) is 0 Å². The van der Waals surface area contributed by atoms with Crippen molar-refractivity contribution in [3.05, 3.63) is 24.3 Å². The number of likely N-dealkylation sites (tertiary alicyclic amines) is 1. The first-order chi connectivity index (χ1) is 8.06. The Bertz CT molecular complexity index is 347. The monoisotopic (exact) mass is 237 g/mol. The van der Waals surface area contributed by atoms with Crippen LogP contribution in [0.5, 0.6) is 0 Å². The number of Topliss-reactive ketones (excluding diaryl/α,β-unsaturated/α-hetero) is 1. The van der Waals surface area contributed by atoms with E-state index in [-0.39, 0.29) is 24.5 Å². The molecule has 1 aliphatic rings. The Kier molecular flexibility index (Phi) is 4.94. The van der Waals surface area contributed by atoms with E-state index >= 15 is 0 Å². The number of amides is 1. The van der Waals surface area contributed by atoms with Crippen LogP contribution < -0.4 is 0 Å². The van der Waals surface area contributed by atoms with Crippen LogP contribution in [0, 0.1) is 0 Å². The molecule has 0 radical (unpaired) electrons. The van der Waals surface area contributed by atoms with Gasteiger partial charge in [-0.3, -0.25) is 4.79 Å². The van der Waals surface area contributed by atoms with Gasteiger partial charge in [-0.25, -0.2) is 4.79 Å². The first-order valence-electron chi connectivity index (χ1n) is 5.80. The quantitative estimate of drug-likeness (QED) is 0.557. The number of carbonyl (C=O) groups is 2. The van der Waals surface area contributed by atoms with Crippen molar-refractivity contribution in [3.63, 3.8) is 0 Å². The van der Waals surface area contributed by atoms with Crippen LogP contribution in [-0.4, -0.2) is 36.0 Å². The summed E-state index contributed by atoms with van der Waals surface area (Å²) in [6.07, 6.45) is 4.88. The molecule has 4 nitrogen and oxygen atoms in total. The van der Waals surface area contributed by atoms with Crippen molar-refractivity contribution in [2.75, 3.05) is 13.2 Å². The molecule has 0 aromatic carbocycles. The fourth-order valence-electron chi connectivity index (χ4n) is 1.81. The van der Waals surface area contributed by atoms with Gasteiger partial charge in [-0.05, 0) is 32.3 Å². The van der Waals surface area contributed by atoms with E-state index in [2.05, 4.69) is 6.58 Å².